The van der Waals surface area contributed by atoms with Crippen LogP contribution in [0, 0.1) is 5.92 Å². The van der Waals surface area contributed by atoms with Gasteiger partial charge in [0, 0.05) is 33.2 Å². The molecule has 0 aromatic carbocycles. The Bertz CT molecular complexity index is 329. The molecule has 2 fully saturated rings. The maximum Gasteiger partial charge on any atom is 0.190 e. The maximum absolute atomic E-state index is 5.37. The number of unbranched alkanes of at least 4 members (excludes halogenated alkanes) is 1. The fourth-order valence-corrected chi connectivity index (χ4v) is 3.61. The zero-order chi connectivity index (χ0) is 16.2. The topological polar surface area (TPSA) is 48.9 Å². The highest BCUT2D eigenvalue weighted by Crippen LogP contribution is 2.28. The molecule has 24 heavy (non-hydrogen) atoms. The van der Waals surface area contributed by atoms with Crippen molar-refractivity contribution in [3.8, 4) is 0 Å². The molecule has 142 valence electrons. The standard InChI is InChI=1S/C18H36N4O.HI/c1-19-18(21-11-6-9-17-7-2-3-8-17)20-10-4-5-12-22-13-15-23-16-14-22;/h17H,2-16H2,1H3,(H2,19,20,21);1H. The second kappa shape index (κ2) is 14.1. The Balaban J connectivity index is 0.00000288. The van der Waals surface area contributed by atoms with Crippen molar-refractivity contribution >= 4 is 29.9 Å². The van der Waals surface area contributed by atoms with Crippen molar-refractivity contribution in [1.29, 1.82) is 0 Å². The lowest BCUT2D eigenvalue weighted by atomic mass is 10.0. The molecule has 1 heterocycles. The molecule has 0 aromatic heterocycles. The Labute approximate surface area is 165 Å². The van der Waals surface area contributed by atoms with E-state index in [1.165, 1.54) is 57.9 Å². The van der Waals surface area contributed by atoms with Gasteiger partial charge in [0.25, 0.3) is 0 Å². The van der Waals surface area contributed by atoms with Gasteiger partial charge in [0.15, 0.2) is 5.96 Å². The van der Waals surface area contributed by atoms with Crippen LogP contribution in [0.3, 0.4) is 0 Å². The Morgan fingerprint density at radius 3 is 2.38 bits per heavy atom. The van der Waals surface area contributed by atoms with Gasteiger partial charge in [0.2, 0.25) is 0 Å². The van der Waals surface area contributed by atoms with Gasteiger partial charge in [-0.1, -0.05) is 25.7 Å². The monoisotopic (exact) mass is 452 g/mol. The summed E-state index contributed by atoms with van der Waals surface area (Å²) < 4.78 is 5.37. The van der Waals surface area contributed by atoms with Crippen LogP contribution in [0.15, 0.2) is 4.99 Å². The molecule has 2 N–H and O–H groups in total. The van der Waals surface area contributed by atoms with E-state index in [9.17, 15) is 0 Å². The molecule has 2 aliphatic rings. The zero-order valence-corrected chi connectivity index (χ0v) is 17.7. The molecular formula is C18H37IN4O. The van der Waals surface area contributed by atoms with E-state index in [0.717, 1.165) is 51.3 Å². The molecule has 1 aliphatic heterocycles. The largest absolute Gasteiger partial charge is 0.379 e. The maximum atomic E-state index is 5.37. The minimum absolute atomic E-state index is 0. The normalized spacial score (nSPS) is 20.0. The highest BCUT2D eigenvalue weighted by molar-refractivity contribution is 14.0. The highest BCUT2D eigenvalue weighted by Gasteiger charge is 2.14. The van der Waals surface area contributed by atoms with Crippen LogP contribution in [0.1, 0.15) is 51.4 Å². The van der Waals surface area contributed by atoms with Gasteiger partial charge in [-0.2, -0.15) is 0 Å². The second-order valence-electron chi connectivity index (χ2n) is 6.88. The van der Waals surface area contributed by atoms with E-state index in [4.69, 9.17) is 4.74 Å². The summed E-state index contributed by atoms with van der Waals surface area (Å²) in [4.78, 5) is 6.81. The van der Waals surface area contributed by atoms with Crippen molar-refractivity contribution in [3.63, 3.8) is 0 Å². The molecule has 5 nitrogen and oxygen atoms in total. The van der Waals surface area contributed by atoms with Crippen LogP contribution in [0.4, 0.5) is 0 Å². The molecule has 1 saturated carbocycles. The van der Waals surface area contributed by atoms with E-state index >= 15 is 0 Å². The van der Waals surface area contributed by atoms with Crippen molar-refractivity contribution in [1.82, 2.24) is 15.5 Å². The van der Waals surface area contributed by atoms with Crippen LogP contribution >= 0.6 is 24.0 Å². The Morgan fingerprint density at radius 2 is 1.71 bits per heavy atom. The second-order valence-corrected chi connectivity index (χ2v) is 6.88. The van der Waals surface area contributed by atoms with Crippen LogP contribution in [-0.2, 0) is 4.74 Å². The number of hydrogen-bond donors (Lipinski definition) is 2. The van der Waals surface area contributed by atoms with Crippen LogP contribution in [0.25, 0.3) is 0 Å². The first-order valence-corrected chi connectivity index (χ1v) is 9.63. The van der Waals surface area contributed by atoms with Gasteiger partial charge in [-0.25, -0.2) is 0 Å². The summed E-state index contributed by atoms with van der Waals surface area (Å²) in [5.41, 5.74) is 0. The number of hydrogen-bond acceptors (Lipinski definition) is 3. The van der Waals surface area contributed by atoms with Gasteiger partial charge in [-0.05, 0) is 38.1 Å². The lowest BCUT2D eigenvalue weighted by molar-refractivity contribution is 0.0372. The van der Waals surface area contributed by atoms with E-state index < -0.39 is 0 Å². The third-order valence-corrected chi connectivity index (χ3v) is 5.08. The van der Waals surface area contributed by atoms with Crippen molar-refractivity contribution < 1.29 is 4.74 Å². The molecule has 0 amide bonds. The zero-order valence-electron chi connectivity index (χ0n) is 15.4. The quantitative estimate of drug-likeness (QED) is 0.245. The van der Waals surface area contributed by atoms with Gasteiger partial charge in [-0.15, -0.1) is 24.0 Å². The summed E-state index contributed by atoms with van der Waals surface area (Å²) in [6, 6.07) is 0. The number of halogens is 1. The van der Waals surface area contributed by atoms with Crippen molar-refractivity contribution in [2.75, 3.05) is 53.0 Å². The Morgan fingerprint density at radius 1 is 1.04 bits per heavy atom. The molecular weight excluding hydrogens is 415 g/mol. The summed E-state index contributed by atoms with van der Waals surface area (Å²) in [7, 11) is 1.86. The average Bonchev–Trinajstić information content (AvgIpc) is 3.11. The molecule has 1 saturated heterocycles. The van der Waals surface area contributed by atoms with E-state index in [0.29, 0.717) is 0 Å². The number of morpholine rings is 1. The summed E-state index contributed by atoms with van der Waals surface area (Å²) in [6.07, 6.45) is 10.9. The average molecular weight is 452 g/mol. The van der Waals surface area contributed by atoms with Gasteiger partial charge in [0.05, 0.1) is 13.2 Å². The molecule has 2 rings (SSSR count). The number of nitrogens with one attached hydrogen (secondary N) is 2. The number of aliphatic imine (C=N–C) groups is 1. The van der Waals surface area contributed by atoms with E-state index in [1.54, 1.807) is 0 Å². The number of rotatable bonds is 9. The summed E-state index contributed by atoms with van der Waals surface area (Å²) in [6.45, 7) is 7.23. The molecule has 1 aliphatic carbocycles. The Kier molecular flexibility index (Phi) is 12.9. The summed E-state index contributed by atoms with van der Waals surface area (Å²) >= 11 is 0. The first-order valence-electron chi connectivity index (χ1n) is 9.63. The van der Waals surface area contributed by atoms with Gasteiger partial charge < -0.3 is 15.4 Å². The van der Waals surface area contributed by atoms with Crippen molar-refractivity contribution in [2.45, 2.75) is 51.4 Å². The predicted molar refractivity (Wildman–Crippen MR) is 112 cm³/mol. The van der Waals surface area contributed by atoms with Crippen molar-refractivity contribution in [2.24, 2.45) is 10.9 Å². The number of guanidine groups is 1. The molecule has 0 atom stereocenters. The number of nitrogens with zero attached hydrogens (tertiary/aromatic N) is 2. The molecule has 0 unspecified atom stereocenters. The minimum Gasteiger partial charge on any atom is -0.379 e. The fraction of sp³-hybridized carbons (Fsp3) is 0.944. The Hall–Kier alpha value is -0.0800. The van der Waals surface area contributed by atoms with Gasteiger partial charge >= 0.3 is 0 Å². The molecule has 0 spiro atoms. The lowest BCUT2D eigenvalue weighted by Gasteiger charge is -2.26. The lowest BCUT2D eigenvalue weighted by Crippen LogP contribution is -2.39. The van der Waals surface area contributed by atoms with E-state index in [-0.39, 0.29) is 24.0 Å². The van der Waals surface area contributed by atoms with Crippen LogP contribution in [0.2, 0.25) is 0 Å². The fourth-order valence-electron chi connectivity index (χ4n) is 3.61. The predicted octanol–water partition coefficient (Wildman–Crippen LogP) is 2.85. The molecule has 0 aromatic rings. The summed E-state index contributed by atoms with van der Waals surface area (Å²) in [5.74, 6) is 1.95. The van der Waals surface area contributed by atoms with Crippen LogP contribution < -0.4 is 10.6 Å². The smallest absolute Gasteiger partial charge is 0.190 e. The first-order chi connectivity index (χ1) is 11.4. The molecule has 0 radical (unpaired) electrons. The first kappa shape index (κ1) is 22.0. The van der Waals surface area contributed by atoms with Crippen LogP contribution in [-0.4, -0.2) is 63.8 Å². The van der Waals surface area contributed by atoms with Crippen LogP contribution in [0.5, 0.6) is 0 Å². The van der Waals surface area contributed by atoms with E-state index in [2.05, 4.69) is 20.5 Å². The third-order valence-electron chi connectivity index (χ3n) is 5.08. The highest BCUT2D eigenvalue weighted by atomic mass is 127. The number of ether oxygens (including phenoxy) is 1. The summed E-state index contributed by atoms with van der Waals surface area (Å²) in [5, 5.41) is 6.88. The van der Waals surface area contributed by atoms with Crippen molar-refractivity contribution in [3.05, 3.63) is 0 Å². The third kappa shape index (κ3) is 9.42. The minimum atomic E-state index is 0. The van der Waals surface area contributed by atoms with E-state index in [1.807, 2.05) is 7.05 Å². The SMILES string of the molecule is CN=C(NCCCCN1CCOCC1)NCCCC1CCCC1.I. The molecule has 6 heteroatoms. The molecule has 0 bridgehead atoms. The van der Waals surface area contributed by atoms with Gasteiger partial charge in [0.1, 0.15) is 0 Å². The van der Waals surface area contributed by atoms with Gasteiger partial charge in [-0.3, -0.25) is 9.89 Å².